The van der Waals surface area contributed by atoms with Crippen molar-refractivity contribution in [2.75, 3.05) is 19.8 Å². The molecule has 1 heterocycles. The molecule has 2 aromatic rings. The van der Waals surface area contributed by atoms with Crippen molar-refractivity contribution in [3.63, 3.8) is 0 Å². The van der Waals surface area contributed by atoms with Crippen molar-refractivity contribution < 1.29 is 18.6 Å². The van der Waals surface area contributed by atoms with E-state index in [2.05, 4.69) is 65.0 Å². The van der Waals surface area contributed by atoms with Gasteiger partial charge in [-0.2, -0.15) is 0 Å². The third-order valence-corrected chi connectivity index (χ3v) is 5.44. The van der Waals surface area contributed by atoms with Crippen LogP contribution < -0.4 is 19.8 Å². The van der Waals surface area contributed by atoms with Gasteiger partial charge in [0.2, 0.25) is 5.75 Å². The minimum Gasteiger partial charge on any atom is -0.488 e. The Morgan fingerprint density at radius 3 is 2.14 bits per heavy atom. The molecule has 0 radical (unpaired) electrons. The van der Waals surface area contributed by atoms with E-state index in [0.29, 0.717) is 48.7 Å². The van der Waals surface area contributed by atoms with Crippen LogP contribution in [0.1, 0.15) is 73.1 Å². The molecule has 5 nitrogen and oxygen atoms in total. The second-order valence-electron chi connectivity index (χ2n) is 8.90. The molecule has 196 valence electrons. The molecule has 0 atom stereocenters. The van der Waals surface area contributed by atoms with Crippen LogP contribution in [0.15, 0.2) is 75.0 Å². The first-order valence-corrected chi connectivity index (χ1v) is 13.0. The molecule has 0 amide bonds. The van der Waals surface area contributed by atoms with Gasteiger partial charge in [0, 0.05) is 0 Å². The Morgan fingerprint density at radius 1 is 0.833 bits per heavy atom. The van der Waals surface area contributed by atoms with Crippen LogP contribution in [0.4, 0.5) is 0 Å². The van der Waals surface area contributed by atoms with Gasteiger partial charge in [-0.3, -0.25) is 0 Å². The lowest BCUT2D eigenvalue weighted by Crippen LogP contribution is -2.12. The van der Waals surface area contributed by atoms with E-state index in [-0.39, 0.29) is 5.75 Å². The van der Waals surface area contributed by atoms with Crippen LogP contribution in [0.25, 0.3) is 11.0 Å². The molecule has 36 heavy (non-hydrogen) atoms. The third kappa shape index (κ3) is 9.80. The minimum absolute atomic E-state index is 0.110. The number of benzene rings is 1. The van der Waals surface area contributed by atoms with E-state index in [4.69, 9.17) is 18.6 Å². The maximum Gasteiger partial charge on any atom is 0.383 e. The molecule has 0 N–H and O–H groups in total. The number of hydrogen-bond acceptors (Lipinski definition) is 5. The average Bonchev–Trinajstić information content (AvgIpc) is 2.85. The molecular formula is C31H42O5. The standard InChI is InChI=1S/C31H42O5/c1-6-8-10-12-21-34-29-26-18-15-19-27(33-23-20-25(5)17-14-16-24(3)4)28(26)36-31(32)30(29)35-22-13-11-9-7-2/h8-11,15-16,18-20H,6-7,12-14,17,21-23H2,1-5H3. The zero-order valence-electron chi connectivity index (χ0n) is 22.6. The highest BCUT2D eigenvalue weighted by Gasteiger charge is 2.20. The fraction of sp³-hybridized carbons (Fsp3) is 0.452. The number of allylic oxidation sites excluding steroid dienone is 5. The summed E-state index contributed by atoms with van der Waals surface area (Å²) >= 11 is 0. The molecule has 0 fully saturated rings. The van der Waals surface area contributed by atoms with Gasteiger partial charge in [-0.1, -0.05) is 61.4 Å². The number of hydrogen-bond donors (Lipinski definition) is 0. The van der Waals surface area contributed by atoms with Gasteiger partial charge in [-0.15, -0.1) is 0 Å². The molecule has 0 aliphatic carbocycles. The van der Waals surface area contributed by atoms with Crippen LogP contribution >= 0.6 is 0 Å². The second kappa shape index (κ2) is 16.5. The molecule has 5 heteroatoms. The van der Waals surface area contributed by atoms with Crippen molar-refractivity contribution in [1.29, 1.82) is 0 Å². The van der Waals surface area contributed by atoms with Gasteiger partial charge in [0.15, 0.2) is 17.1 Å². The third-order valence-electron chi connectivity index (χ3n) is 5.44. The predicted octanol–water partition coefficient (Wildman–Crippen LogP) is 8.33. The summed E-state index contributed by atoms with van der Waals surface area (Å²) in [6, 6.07) is 5.55. The highest BCUT2D eigenvalue weighted by atomic mass is 16.5. The summed E-state index contributed by atoms with van der Waals surface area (Å²) in [6.07, 6.45) is 18.0. The van der Waals surface area contributed by atoms with E-state index >= 15 is 0 Å². The van der Waals surface area contributed by atoms with Gasteiger partial charge in [-0.25, -0.2) is 4.79 Å². The Bertz CT molecular complexity index is 1110. The van der Waals surface area contributed by atoms with Crippen molar-refractivity contribution in [2.24, 2.45) is 0 Å². The molecule has 0 unspecified atom stereocenters. The van der Waals surface area contributed by atoms with Crippen molar-refractivity contribution in [2.45, 2.75) is 73.1 Å². The van der Waals surface area contributed by atoms with Crippen molar-refractivity contribution in [3.05, 3.63) is 76.2 Å². The molecule has 0 bridgehead atoms. The van der Waals surface area contributed by atoms with Gasteiger partial charge in [0.1, 0.15) is 6.61 Å². The molecule has 0 spiro atoms. The zero-order valence-corrected chi connectivity index (χ0v) is 22.6. The Balaban J connectivity index is 2.28. The fourth-order valence-corrected chi connectivity index (χ4v) is 3.53. The minimum atomic E-state index is -0.564. The summed E-state index contributed by atoms with van der Waals surface area (Å²) in [6.45, 7) is 11.7. The summed E-state index contributed by atoms with van der Waals surface area (Å²) < 4.78 is 23.6. The molecule has 0 aliphatic heterocycles. The van der Waals surface area contributed by atoms with E-state index in [1.807, 2.05) is 24.3 Å². The molecular weight excluding hydrogens is 452 g/mol. The van der Waals surface area contributed by atoms with E-state index < -0.39 is 5.63 Å². The maximum absolute atomic E-state index is 12.9. The number of rotatable bonds is 16. The summed E-state index contributed by atoms with van der Waals surface area (Å²) in [5.41, 5.74) is 2.39. The van der Waals surface area contributed by atoms with Gasteiger partial charge in [0.05, 0.1) is 18.6 Å². The van der Waals surface area contributed by atoms with Gasteiger partial charge in [0.25, 0.3) is 0 Å². The predicted molar refractivity (Wildman–Crippen MR) is 149 cm³/mol. The SMILES string of the molecule is CCC=CCCOc1c(OCCC=CCC)c2cccc(OCC=C(C)CCC=C(C)C)c2oc1=O. The average molecular weight is 495 g/mol. The Labute approximate surface area is 216 Å². The first-order valence-electron chi connectivity index (χ1n) is 13.0. The monoisotopic (exact) mass is 494 g/mol. The molecule has 0 aliphatic rings. The Morgan fingerprint density at radius 2 is 1.50 bits per heavy atom. The lowest BCUT2D eigenvalue weighted by Gasteiger charge is -2.14. The topological polar surface area (TPSA) is 57.9 Å². The quantitative estimate of drug-likeness (QED) is 0.133. The summed E-state index contributed by atoms with van der Waals surface area (Å²) in [7, 11) is 0. The van der Waals surface area contributed by atoms with E-state index in [1.165, 1.54) is 11.1 Å². The largest absolute Gasteiger partial charge is 0.488 e. The van der Waals surface area contributed by atoms with Gasteiger partial charge in [-0.05, 0) is 77.5 Å². The first kappa shape index (κ1) is 29.0. The van der Waals surface area contributed by atoms with Crippen LogP contribution in [0.5, 0.6) is 17.2 Å². The smallest absolute Gasteiger partial charge is 0.383 e. The lowest BCUT2D eigenvalue weighted by molar-refractivity contribution is 0.264. The molecule has 2 rings (SSSR count). The van der Waals surface area contributed by atoms with Gasteiger partial charge >= 0.3 is 5.63 Å². The number of ether oxygens (including phenoxy) is 3. The van der Waals surface area contributed by atoms with Crippen LogP contribution in [0.3, 0.4) is 0 Å². The van der Waals surface area contributed by atoms with Crippen LogP contribution in [0, 0.1) is 0 Å². The number of fused-ring (bicyclic) bond motifs is 1. The summed E-state index contributed by atoms with van der Waals surface area (Å²) in [5.74, 6) is 1.02. The summed E-state index contributed by atoms with van der Waals surface area (Å²) in [5, 5.41) is 0.662. The van der Waals surface area contributed by atoms with Crippen molar-refractivity contribution >= 4 is 11.0 Å². The number of para-hydroxylation sites is 1. The van der Waals surface area contributed by atoms with Crippen molar-refractivity contribution in [3.8, 4) is 17.2 Å². The second-order valence-corrected chi connectivity index (χ2v) is 8.90. The highest BCUT2D eigenvalue weighted by molar-refractivity contribution is 5.89. The molecule has 1 aromatic carbocycles. The normalized spacial score (nSPS) is 12.0. The lowest BCUT2D eigenvalue weighted by atomic mass is 10.1. The molecule has 1 aromatic heterocycles. The van der Waals surface area contributed by atoms with E-state index in [1.54, 1.807) is 0 Å². The van der Waals surface area contributed by atoms with Crippen LogP contribution in [-0.4, -0.2) is 19.8 Å². The first-order chi connectivity index (χ1) is 17.5. The molecule has 0 saturated carbocycles. The summed E-state index contributed by atoms with van der Waals surface area (Å²) in [4.78, 5) is 12.9. The van der Waals surface area contributed by atoms with Crippen LogP contribution in [0.2, 0.25) is 0 Å². The highest BCUT2D eigenvalue weighted by Crippen LogP contribution is 2.37. The Kier molecular flexibility index (Phi) is 13.3. The van der Waals surface area contributed by atoms with Gasteiger partial charge < -0.3 is 18.6 Å². The van der Waals surface area contributed by atoms with E-state index in [9.17, 15) is 4.79 Å². The van der Waals surface area contributed by atoms with Crippen LogP contribution in [-0.2, 0) is 0 Å². The zero-order chi connectivity index (χ0) is 26.2. The van der Waals surface area contributed by atoms with E-state index in [0.717, 1.165) is 32.1 Å². The Hall–Kier alpha value is -3.21. The fourth-order valence-electron chi connectivity index (χ4n) is 3.53. The molecule has 0 saturated heterocycles. The maximum atomic E-state index is 12.9. The van der Waals surface area contributed by atoms with Crippen molar-refractivity contribution in [1.82, 2.24) is 0 Å².